The fourth-order valence-corrected chi connectivity index (χ4v) is 2.72. The number of rotatable bonds is 2. The normalized spacial score (nSPS) is 17.5. The highest BCUT2D eigenvalue weighted by Crippen LogP contribution is 2.35. The number of carbonyl (C=O) groups is 2. The van der Waals surface area contributed by atoms with Crippen LogP contribution in [0.3, 0.4) is 0 Å². The van der Waals surface area contributed by atoms with Crippen LogP contribution < -0.4 is 19.7 Å². The molecular weight excluding hydrogens is 308 g/mol. The Morgan fingerprint density at radius 2 is 1.79 bits per heavy atom. The van der Waals surface area contributed by atoms with Gasteiger partial charge in [0.05, 0.1) is 5.69 Å². The molecule has 2 aromatic carbocycles. The van der Waals surface area contributed by atoms with Crippen LogP contribution in [0.5, 0.6) is 11.5 Å². The number of carbonyl (C=O) groups excluding carboxylic acids is 2. The van der Waals surface area contributed by atoms with Gasteiger partial charge in [-0.05, 0) is 48.4 Å². The second-order valence-corrected chi connectivity index (χ2v) is 5.53. The number of imide groups is 1. The van der Waals surface area contributed by atoms with Crippen molar-refractivity contribution in [1.82, 2.24) is 5.32 Å². The first-order valence-electron chi connectivity index (χ1n) is 7.46. The van der Waals surface area contributed by atoms with Gasteiger partial charge in [-0.3, -0.25) is 4.79 Å². The highest BCUT2D eigenvalue weighted by molar-refractivity contribution is 6.28. The van der Waals surface area contributed by atoms with E-state index < -0.39 is 6.03 Å². The number of hydrogen-bond acceptors (Lipinski definition) is 4. The number of aryl methyl sites for hydroxylation is 1. The molecule has 0 radical (unpaired) electrons. The van der Waals surface area contributed by atoms with Crippen molar-refractivity contribution in [2.45, 2.75) is 6.92 Å². The van der Waals surface area contributed by atoms with E-state index in [2.05, 4.69) is 5.32 Å². The molecule has 24 heavy (non-hydrogen) atoms. The van der Waals surface area contributed by atoms with Crippen molar-refractivity contribution in [2.75, 3.05) is 11.7 Å². The summed E-state index contributed by atoms with van der Waals surface area (Å²) in [5.41, 5.74) is 2.47. The van der Waals surface area contributed by atoms with Crippen molar-refractivity contribution < 1.29 is 19.1 Å². The smallest absolute Gasteiger partial charge is 0.333 e. The maximum absolute atomic E-state index is 12.6. The molecule has 2 heterocycles. The van der Waals surface area contributed by atoms with Crippen molar-refractivity contribution in [1.29, 1.82) is 0 Å². The van der Waals surface area contributed by atoms with Crippen LogP contribution in [-0.2, 0) is 4.79 Å². The van der Waals surface area contributed by atoms with Gasteiger partial charge in [-0.25, -0.2) is 9.69 Å². The zero-order chi connectivity index (χ0) is 16.7. The van der Waals surface area contributed by atoms with E-state index in [0.717, 1.165) is 16.0 Å². The van der Waals surface area contributed by atoms with Crippen LogP contribution in [0.15, 0.2) is 48.2 Å². The molecule has 1 N–H and O–H groups in total. The molecule has 0 aromatic heterocycles. The van der Waals surface area contributed by atoms with E-state index in [-0.39, 0.29) is 18.4 Å². The molecule has 0 atom stereocenters. The summed E-state index contributed by atoms with van der Waals surface area (Å²) in [6.07, 6.45) is 1.65. The molecule has 0 unspecified atom stereocenters. The quantitative estimate of drug-likeness (QED) is 0.682. The number of para-hydroxylation sites is 1. The zero-order valence-electron chi connectivity index (χ0n) is 12.9. The molecule has 2 aromatic rings. The van der Waals surface area contributed by atoms with Gasteiger partial charge in [0.15, 0.2) is 11.5 Å². The number of hydrogen-bond donors (Lipinski definition) is 1. The number of nitrogens with zero attached hydrogens (tertiary/aromatic N) is 1. The summed E-state index contributed by atoms with van der Waals surface area (Å²) in [6.45, 7) is 2.09. The second-order valence-electron chi connectivity index (χ2n) is 5.53. The molecule has 0 aliphatic carbocycles. The van der Waals surface area contributed by atoms with Crippen molar-refractivity contribution in [3.8, 4) is 11.5 Å². The Bertz CT molecular complexity index is 874. The first kappa shape index (κ1) is 14.3. The SMILES string of the molecule is Cc1cc2c(cc1C=C1NC(=O)N(c3ccccc3)C1=O)OCO2. The predicted octanol–water partition coefficient (Wildman–Crippen LogP) is 2.82. The van der Waals surface area contributed by atoms with Crippen LogP contribution in [-0.4, -0.2) is 18.7 Å². The highest BCUT2D eigenvalue weighted by Gasteiger charge is 2.34. The molecule has 1 saturated heterocycles. The van der Waals surface area contributed by atoms with Crippen molar-refractivity contribution in [3.05, 3.63) is 59.3 Å². The van der Waals surface area contributed by atoms with E-state index in [1.807, 2.05) is 19.1 Å². The van der Waals surface area contributed by atoms with E-state index in [9.17, 15) is 9.59 Å². The largest absolute Gasteiger partial charge is 0.454 e. The molecule has 120 valence electrons. The molecule has 1 fully saturated rings. The number of anilines is 1. The van der Waals surface area contributed by atoms with E-state index in [1.165, 1.54) is 0 Å². The van der Waals surface area contributed by atoms with Crippen molar-refractivity contribution in [3.63, 3.8) is 0 Å². The molecule has 2 aliphatic rings. The number of urea groups is 1. The van der Waals surface area contributed by atoms with E-state index in [0.29, 0.717) is 17.2 Å². The Morgan fingerprint density at radius 1 is 1.08 bits per heavy atom. The summed E-state index contributed by atoms with van der Waals surface area (Å²) in [4.78, 5) is 25.9. The van der Waals surface area contributed by atoms with Crippen LogP contribution in [0, 0.1) is 6.92 Å². The van der Waals surface area contributed by atoms with E-state index in [1.54, 1.807) is 36.4 Å². The number of benzene rings is 2. The van der Waals surface area contributed by atoms with Gasteiger partial charge in [0.25, 0.3) is 5.91 Å². The van der Waals surface area contributed by atoms with Gasteiger partial charge in [0.1, 0.15) is 5.70 Å². The lowest BCUT2D eigenvalue weighted by Gasteiger charge is -2.11. The van der Waals surface area contributed by atoms with Crippen LogP contribution >= 0.6 is 0 Å². The topological polar surface area (TPSA) is 67.9 Å². The lowest BCUT2D eigenvalue weighted by Crippen LogP contribution is -2.30. The lowest BCUT2D eigenvalue weighted by atomic mass is 10.1. The van der Waals surface area contributed by atoms with Gasteiger partial charge in [0.2, 0.25) is 6.79 Å². The van der Waals surface area contributed by atoms with Crippen molar-refractivity contribution >= 4 is 23.7 Å². The van der Waals surface area contributed by atoms with Gasteiger partial charge in [-0.2, -0.15) is 0 Å². The number of amides is 3. The second kappa shape index (κ2) is 5.42. The average molecular weight is 322 g/mol. The molecule has 0 saturated carbocycles. The Labute approximate surface area is 138 Å². The predicted molar refractivity (Wildman–Crippen MR) is 87.7 cm³/mol. The maximum atomic E-state index is 12.6. The minimum absolute atomic E-state index is 0.187. The minimum Gasteiger partial charge on any atom is -0.454 e. The molecule has 0 spiro atoms. The Morgan fingerprint density at radius 3 is 2.54 bits per heavy atom. The van der Waals surface area contributed by atoms with E-state index in [4.69, 9.17) is 9.47 Å². The summed E-state index contributed by atoms with van der Waals surface area (Å²) in [6, 6.07) is 12.0. The van der Waals surface area contributed by atoms with Gasteiger partial charge in [-0.1, -0.05) is 18.2 Å². The van der Waals surface area contributed by atoms with Crippen LogP contribution in [0.1, 0.15) is 11.1 Å². The Kier molecular flexibility index (Phi) is 3.23. The number of nitrogens with one attached hydrogen (secondary N) is 1. The first-order chi connectivity index (χ1) is 11.6. The van der Waals surface area contributed by atoms with Crippen LogP contribution in [0.4, 0.5) is 10.5 Å². The molecule has 2 aliphatic heterocycles. The standard InChI is InChI=1S/C18H14N2O4/c1-11-7-15-16(24-10-23-15)9-12(11)8-14-17(21)20(18(22)19-14)13-5-3-2-4-6-13/h2-9H,10H2,1H3,(H,19,22). The van der Waals surface area contributed by atoms with E-state index >= 15 is 0 Å². The molecule has 6 nitrogen and oxygen atoms in total. The lowest BCUT2D eigenvalue weighted by molar-refractivity contribution is -0.113. The maximum Gasteiger partial charge on any atom is 0.333 e. The average Bonchev–Trinajstić information content (AvgIpc) is 3.13. The molecular formula is C18H14N2O4. The van der Waals surface area contributed by atoms with Gasteiger partial charge in [0, 0.05) is 0 Å². The third-order valence-electron chi connectivity index (χ3n) is 3.95. The molecule has 4 rings (SSSR count). The third kappa shape index (κ3) is 2.28. The zero-order valence-corrected chi connectivity index (χ0v) is 12.9. The Balaban J connectivity index is 1.70. The fourth-order valence-electron chi connectivity index (χ4n) is 2.72. The van der Waals surface area contributed by atoms with Gasteiger partial charge < -0.3 is 14.8 Å². The minimum atomic E-state index is -0.462. The number of ether oxygens (including phenoxy) is 2. The van der Waals surface area contributed by atoms with Crippen LogP contribution in [0.2, 0.25) is 0 Å². The summed E-state index contributed by atoms with van der Waals surface area (Å²) < 4.78 is 10.7. The monoisotopic (exact) mass is 322 g/mol. The summed E-state index contributed by atoms with van der Waals surface area (Å²) in [7, 11) is 0. The number of fused-ring (bicyclic) bond motifs is 1. The summed E-state index contributed by atoms with van der Waals surface area (Å²) in [5, 5.41) is 2.62. The van der Waals surface area contributed by atoms with Crippen LogP contribution in [0.25, 0.3) is 6.08 Å². The first-order valence-corrected chi connectivity index (χ1v) is 7.46. The molecule has 0 bridgehead atoms. The fraction of sp³-hybridized carbons (Fsp3) is 0.111. The molecule has 3 amide bonds. The van der Waals surface area contributed by atoms with Gasteiger partial charge in [-0.15, -0.1) is 0 Å². The van der Waals surface area contributed by atoms with Crippen molar-refractivity contribution in [2.24, 2.45) is 0 Å². The highest BCUT2D eigenvalue weighted by atomic mass is 16.7. The van der Waals surface area contributed by atoms with Gasteiger partial charge >= 0.3 is 6.03 Å². The molecule has 6 heteroatoms. The third-order valence-corrected chi connectivity index (χ3v) is 3.95. The Hall–Kier alpha value is -3.28. The summed E-state index contributed by atoms with van der Waals surface area (Å²) in [5.74, 6) is 0.926. The summed E-state index contributed by atoms with van der Waals surface area (Å²) >= 11 is 0.